The van der Waals surface area contributed by atoms with Crippen molar-refractivity contribution in [1.82, 2.24) is 0 Å². The Bertz CT molecular complexity index is 496. The molecule has 0 unspecified atom stereocenters. The molecule has 0 aliphatic heterocycles. The fourth-order valence-corrected chi connectivity index (χ4v) is 1.97. The summed E-state index contributed by atoms with van der Waals surface area (Å²) >= 11 is 3.42. The molecule has 0 radical (unpaired) electrons. The third-order valence-electron chi connectivity index (χ3n) is 2.65. The van der Waals surface area contributed by atoms with Gasteiger partial charge in [-0.2, -0.15) is 0 Å². The number of hydrogen-bond donors (Lipinski definition) is 1. The van der Waals surface area contributed by atoms with Crippen molar-refractivity contribution >= 4 is 15.9 Å². The average Bonchev–Trinajstić information content (AvgIpc) is 2.39. The first-order chi connectivity index (χ1) is 8.78. The van der Waals surface area contributed by atoms with Crippen molar-refractivity contribution in [1.29, 1.82) is 0 Å². The second kappa shape index (κ2) is 6.57. The molecule has 0 bridgehead atoms. The summed E-state index contributed by atoms with van der Waals surface area (Å²) in [5.41, 5.74) is 7.91. The van der Waals surface area contributed by atoms with Gasteiger partial charge in [-0.15, -0.1) is 0 Å². The van der Waals surface area contributed by atoms with Crippen LogP contribution in [0.25, 0.3) is 0 Å². The van der Waals surface area contributed by atoms with Crippen LogP contribution in [0.2, 0.25) is 0 Å². The van der Waals surface area contributed by atoms with E-state index in [2.05, 4.69) is 22.0 Å². The highest BCUT2D eigenvalue weighted by atomic mass is 79.9. The number of rotatable bonds is 5. The summed E-state index contributed by atoms with van der Waals surface area (Å²) in [6.07, 6.45) is 0.884. The quantitative estimate of drug-likeness (QED) is 0.917. The van der Waals surface area contributed by atoms with Crippen LogP contribution in [0.1, 0.15) is 11.1 Å². The van der Waals surface area contributed by atoms with Crippen LogP contribution >= 0.6 is 15.9 Å². The summed E-state index contributed by atoms with van der Waals surface area (Å²) in [7, 11) is 0. The summed E-state index contributed by atoms with van der Waals surface area (Å²) in [5, 5.41) is 0. The molecule has 2 aromatic rings. The molecular weight excluding hydrogens is 290 g/mol. The van der Waals surface area contributed by atoms with E-state index in [1.54, 1.807) is 0 Å². The normalized spacial score (nSPS) is 10.3. The zero-order chi connectivity index (χ0) is 12.8. The largest absolute Gasteiger partial charge is 0.489 e. The highest BCUT2D eigenvalue weighted by Gasteiger charge is 1.98. The van der Waals surface area contributed by atoms with Gasteiger partial charge in [0.15, 0.2) is 0 Å². The molecular formula is C15H16BrNO. The topological polar surface area (TPSA) is 35.2 Å². The van der Waals surface area contributed by atoms with E-state index in [-0.39, 0.29) is 0 Å². The second-order valence-electron chi connectivity index (χ2n) is 4.10. The Hall–Kier alpha value is -1.32. The van der Waals surface area contributed by atoms with Gasteiger partial charge in [0.05, 0.1) is 0 Å². The van der Waals surface area contributed by atoms with Gasteiger partial charge in [0.25, 0.3) is 0 Å². The molecule has 2 aromatic carbocycles. The Labute approximate surface area is 116 Å². The van der Waals surface area contributed by atoms with Crippen LogP contribution < -0.4 is 10.5 Å². The molecule has 0 atom stereocenters. The Morgan fingerprint density at radius 2 is 1.78 bits per heavy atom. The molecule has 94 valence electrons. The maximum absolute atomic E-state index is 5.76. The Kier molecular flexibility index (Phi) is 4.79. The monoisotopic (exact) mass is 305 g/mol. The molecule has 18 heavy (non-hydrogen) atoms. The van der Waals surface area contributed by atoms with E-state index in [1.807, 2.05) is 42.5 Å². The summed E-state index contributed by atoms with van der Waals surface area (Å²) in [4.78, 5) is 0. The second-order valence-corrected chi connectivity index (χ2v) is 5.02. The van der Waals surface area contributed by atoms with E-state index in [9.17, 15) is 0 Å². The van der Waals surface area contributed by atoms with Crippen LogP contribution in [0.4, 0.5) is 0 Å². The van der Waals surface area contributed by atoms with Crippen molar-refractivity contribution in [2.24, 2.45) is 5.73 Å². The minimum absolute atomic E-state index is 0.583. The van der Waals surface area contributed by atoms with Crippen molar-refractivity contribution in [3.05, 3.63) is 64.1 Å². The Morgan fingerprint density at radius 3 is 2.50 bits per heavy atom. The third-order valence-corrected chi connectivity index (χ3v) is 3.18. The highest BCUT2D eigenvalue weighted by molar-refractivity contribution is 9.10. The van der Waals surface area contributed by atoms with Crippen molar-refractivity contribution in [2.75, 3.05) is 6.54 Å². The predicted octanol–water partition coefficient (Wildman–Crippen LogP) is 3.53. The van der Waals surface area contributed by atoms with Crippen LogP contribution in [0, 0.1) is 0 Å². The fraction of sp³-hybridized carbons (Fsp3) is 0.200. The number of hydrogen-bond acceptors (Lipinski definition) is 2. The number of nitrogens with two attached hydrogens (primary N) is 1. The molecule has 0 saturated heterocycles. The SMILES string of the molecule is NCCc1cccc(OCc2ccc(Br)cc2)c1. The van der Waals surface area contributed by atoms with Crippen LogP contribution in [-0.4, -0.2) is 6.54 Å². The maximum atomic E-state index is 5.76. The Morgan fingerprint density at radius 1 is 1.00 bits per heavy atom. The van der Waals surface area contributed by atoms with E-state index >= 15 is 0 Å². The lowest BCUT2D eigenvalue weighted by molar-refractivity contribution is 0.306. The molecule has 0 saturated carbocycles. The van der Waals surface area contributed by atoms with Crippen LogP contribution in [-0.2, 0) is 13.0 Å². The lowest BCUT2D eigenvalue weighted by atomic mass is 10.1. The number of ether oxygens (including phenoxy) is 1. The van der Waals surface area contributed by atoms with Gasteiger partial charge < -0.3 is 10.5 Å². The van der Waals surface area contributed by atoms with E-state index in [4.69, 9.17) is 10.5 Å². The van der Waals surface area contributed by atoms with Crippen molar-refractivity contribution in [3.63, 3.8) is 0 Å². The Balaban J connectivity index is 1.97. The molecule has 2 nitrogen and oxygen atoms in total. The van der Waals surface area contributed by atoms with Crippen LogP contribution in [0.15, 0.2) is 53.0 Å². The molecule has 0 fully saturated rings. The summed E-state index contributed by atoms with van der Waals surface area (Å²) in [6.45, 7) is 1.25. The molecule has 2 N–H and O–H groups in total. The molecule has 0 aromatic heterocycles. The smallest absolute Gasteiger partial charge is 0.120 e. The first-order valence-electron chi connectivity index (χ1n) is 5.94. The molecule has 3 heteroatoms. The van der Waals surface area contributed by atoms with E-state index in [0.29, 0.717) is 13.2 Å². The van der Waals surface area contributed by atoms with Gasteiger partial charge in [-0.3, -0.25) is 0 Å². The lowest BCUT2D eigenvalue weighted by Gasteiger charge is -2.08. The number of halogens is 1. The van der Waals surface area contributed by atoms with Gasteiger partial charge in [0, 0.05) is 4.47 Å². The lowest BCUT2D eigenvalue weighted by Crippen LogP contribution is -2.03. The molecule has 0 aliphatic carbocycles. The summed E-state index contributed by atoms with van der Waals surface area (Å²) in [6, 6.07) is 16.2. The van der Waals surface area contributed by atoms with E-state index < -0.39 is 0 Å². The highest BCUT2D eigenvalue weighted by Crippen LogP contribution is 2.16. The van der Waals surface area contributed by atoms with Gasteiger partial charge in [-0.1, -0.05) is 40.2 Å². The van der Waals surface area contributed by atoms with Crippen LogP contribution in [0.3, 0.4) is 0 Å². The zero-order valence-corrected chi connectivity index (χ0v) is 11.7. The van der Waals surface area contributed by atoms with Crippen molar-refractivity contribution in [3.8, 4) is 5.75 Å². The van der Waals surface area contributed by atoms with Crippen LogP contribution in [0.5, 0.6) is 5.75 Å². The first kappa shape index (κ1) is 13.1. The van der Waals surface area contributed by atoms with Gasteiger partial charge >= 0.3 is 0 Å². The summed E-state index contributed by atoms with van der Waals surface area (Å²) in [5.74, 6) is 0.892. The average molecular weight is 306 g/mol. The van der Waals surface area contributed by atoms with Gasteiger partial charge in [-0.25, -0.2) is 0 Å². The maximum Gasteiger partial charge on any atom is 0.120 e. The van der Waals surface area contributed by atoms with Crippen molar-refractivity contribution in [2.45, 2.75) is 13.0 Å². The van der Waals surface area contributed by atoms with Crippen molar-refractivity contribution < 1.29 is 4.74 Å². The molecule has 0 spiro atoms. The minimum Gasteiger partial charge on any atom is -0.489 e. The van der Waals surface area contributed by atoms with Gasteiger partial charge in [0.1, 0.15) is 12.4 Å². The molecule has 2 rings (SSSR count). The van der Waals surface area contributed by atoms with E-state index in [1.165, 1.54) is 5.56 Å². The first-order valence-corrected chi connectivity index (χ1v) is 6.73. The minimum atomic E-state index is 0.583. The molecule has 0 heterocycles. The molecule has 0 aliphatic rings. The fourth-order valence-electron chi connectivity index (χ4n) is 1.70. The standard InChI is InChI=1S/C15H16BrNO/c16-14-6-4-13(5-7-14)11-18-15-3-1-2-12(10-15)8-9-17/h1-7,10H,8-9,11,17H2. The predicted molar refractivity (Wildman–Crippen MR) is 77.7 cm³/mol. The third kappa shape index (κ3) is 3.86. The zero-order valence-electron chi connectivity index (χ0n) is 10.1. The van der Waals surface area contributed by atoms with E-state index in [0.717, 1.165) is 22.2 Å². The molecule has 0 amide bonds. The summed E-state index contributed by atoms with van der Waals surface area (Å²) < 4.78 is 6.84. The van der Waals surface area contributed by atoms with Gasteiger partial charge in [0.2, 0.25) is 0 Å². The number of benzene rings is 2. The van der Waals surface area contributed by atoms with Gasteiger partial charge in [-0.05, 0) is 48.4 Å².